The SMILES string of the molecule is CN1CC=CC2=CC=CC(S)C21. The zero-order valence-corrected chi connectivity index (χ0v) is 8.04. The maximum absolute atomic E-state index is 4.54. The summed E-state index contributed by atoms with van der Waals surface area (Å²) in [6.45, 7) is 1.03. The minimum absolute atomic E-state index is 0.347. The van der Waals surface area contributed by atoms with E-state index in [4.69, 9.17) is 0 Å². The van der Waals surface area contributed by atoms with Crippen LogP contribution in [0.1, 0.15) is 0 Å². The van der Waals surface area contributed by atoms with Crippen LogP contribution in [-0.2, 0) is 0 Å². The lowest BCUT2D eigenvalue weighted by Gasteiger charge is -2.35. The van der Waals surface area contributed by atoms with Crippen LogP contribution in [0.5, 0.6) is 0 Å². The average molecular weight is 179 g/mol. The second kappa shape index (κ2) is 3.11. The fourth-order valence-electron chi connectivity index (χ4n) is 1.82. The summed E-state index contributed by atoms with van der Waals surface area (Å²) in [5.41, 5.74) is 1.38. The number of hydrogen-bond acceptors (Lipinski definition) is 2. The molecule has 1 aliphatic heterocycles. The standard InChI is InChI=1S/C10H13NS/c1-11-7-3-5-8-4-2-6-9(12)10(8)11/h2-6,9-10,12H,7H2,1H3. The summed E-state index contributed by atoms with van der Waals surface area (Å²) in [7, 11) is 2.14. The molecule has 1 aliphatic carbocycles. The van der Waals surface area contributed by atoms with Crippen molar-refractivity contribution in [1.82, 2.24) is 4.90 Å². The van der Waals surface area contributed by atoms with Crippen molar-refractivity contribution in [2.75, 3.05) is 13.6 Å². The van der Waals surface area contributed by atoms with Gasteiger partial charge < -0.3 is 0 Å². The molecule has 0 aromatic carbocycles. The smallest absolute Gasteiger partial charge is 0.0499 e. The number of rotatable bonds is 0. The van der Waals surface area contributed by atoms with Crippen LogP contribution >= 0.6 is 12.6 Å². The number of allylic oxidation sites excluding steroid dienone is 2. The number of fused-ring (bicyclic) bond motifs is 1. The van der Waals surface area contributed by atoms with Crippen LogP contribution in [0.2, 0.25) is 0 Å². The van der Waals surface area contributed by atoms with E-state index in [-0.39, 0.29) is 0 Å². The van der Waals surface area contributed by atoms with Gasteiger partial charge in [0.25, 0.3) is 0 Å². The second-order valence-corrected chi connectivity index (χ2v) is 3.93. The minimum atomic E-state index is 0.347. The van der Waals surface area contributed by atoms with E-state index < -0.39 is 0 Å². The van der Waals surface area contributed by atoms with Crippen molar-refractivity contribution >= 4 is 12.6 Å². The molecule has 1 nitrogen and oxygen atoms in total. The van der Waals surface area contributed by atoms with E-state index >= 15 is 0 Å². The van der Waals surface area contributed by atoms with Gasteiger partial charge in [0.15, 0.2) is 0 Å². The van der Waals surface area contributed by atoms with Gasteiger partial charge in [0.05, 0.1) is 0 Å². The monoisotopic (exact) mass is 179 g/mol. The lowest BCUT2D eigenvalue weighted by molar-refractivity contribution is 0.300. The molecule has 0 saturated carbocycles. The zero-order valence-electron chi connectivity index (χ0n) is 7.14. The van der Waals surface area contributed by atoms with Crippen molar-refractivity contribution in [2.45, 2.75) is 11.3 Å². The van der Waals surface area contributed by atoms with Crippen molar-refractivity contribution in [3.8, 4) is 0 Å². The second-order valence-electron chi connectivity index (χ2n) is 3.33. The van der Waals surface area contributed by atoms with Gasteiger partial charge in [0.2, 0.25) is 0 Å². The summed E-state index contributed by atoms with van der Waals surface area (Å²) in [6, 6.07) is 0.475. The molecule has 1 heterocycles. The van der Waals surface area contributed by atoms with Crippen LogP contribution in [0.3, 0.4) is 0 Å². The Labute approximate surface area is 78.9 Å². The molecule has 2 atom stereocenters. The summed E-state index contributed by atoms with van der Waals surface area (Å²) < 4.78 is 0. The van der Waals surface area contributed by atoms with E-state index in [1.807, 2.05) is 0 Å². The van der Waals surface area contributed by atoms with Crippen molar-refractivity contribution in [2.24, 2.45) is 0 Å². The van der Waals surface area contributed by atoms with Crippen LogP contribution in [0, 0.1) is 0 Å². The number of hydrogen-bond donors (Lipinski definition) is 1. The topological polar surface area (TPSA) is 3.24 Å². The fourth-order valence-corrected chi connectivity index (χ4v) is 2.32. The third kappa shape index (κ3) is 1.25. The highest BCUT2D eigenvalue weighted by atomic mass is 32.1. The van der Waals surface area contributed by atoms with Crippen LogP contribution in [0.25, 0.3) is 0 Å². The first kappa shape index (κ1) is 8.14. The number of nitrogens with zero attached hydrogens (tertiary/aromatic N) is 1. The molecule has 0 aromatic rings. The summed E-state index contributed by atoms with van der Waals surface area (Å²) in [5.74, 6) is 0. The molecule has 0 spiro atoms. The van der Waals surface area contributed by atoms with Crippen LogP contribution in [0.15, 0.2) is 36.0 Å². The molecule has 2 aliphatic rings. The summed E-state index contributed by atoms with van der Waals surface area (Å²) in [4.78, 5) is 2.33. The van der Waals surface area contributed by atoms with E-state index in [2.05, 4.69) is 55.0 Å². The molecule has 2 unspecified atom stereocenters. The molecule has 0 radical (unpaired) electrons. The van der Waals surface area contributed by atoms with Gasteiger partial charge in [-0.25, -0.2) is 0 Å². The molecular formula is C10H13NS. The van der Waals surface area contributed by atoms with E-state index in [9.17, 15) is 0 Å². The third-order valence-electron chi connectivity index (χ3n) is 2.44. The van der Waals surface area contributed by atoms with Gasteiger partial charge in [-0.3, -0.25) is 4.90 Å². The predicted molar refractivity (Wildman–Crippen MR) is 55.6 cm³/mol. The lowest BCUT2D eigenvalue weighted by atomic mass is 9.94. The quantitative estimate of drug-likeness (QED) is 0.553. The van der Waals surface area contributed by atoms with Crippen molar-refractivity contribution in [1.29, 1.82) is 0 Å². The molecule has 2 rings (SSSR count). The first-order chi connectivity index (χ1) is 5.79. The lowest BCUT2D eigenvalue weighted by Crippen LogP contribution is -2.42. The highest BCUT2D eigenvalue weighted by molar-refractivity contribution is 7.81. The maximum Gasteiger partial charge on any atom is 0.0499 e. The van der Waals surface area contributed by atoms with Crippen LogP contribution in [0.4, 0.5) is 0 Å². The zero-order chi connectivity index (χ0) is 8.55. The Kier molecular flexibility index (Phi) is 2.11. The normalized spacial score (nSPS) is 34.7. The summed E-state index contributed by atoms with van der Waals surface area (Å²) >= 11 is 4.54. The Morgan fingerprint density at radius 3 is 3.17 bits per heavy atom. The Morgan fingerprint density at radius 1 is 1.58 bits per heavy atom. The van der Waals surface area contributed by atoms with E-state index in [1.165, 1.54) is 5.57 Å². The van der Waals surface area contributed by atoms with E-state index in [0.717, 1.165) is 6.54 Å². The van der Waals surface area contributed by atoms with Crippen molar-refractivity contribution < 1.29 is 0 Å². The molecule has 0 amide bonds. The number of likely N-dealkylation sites (N-methyl/N-ethyl adjacent to an activating group) is 1. The number of thiol groups is 1. The molecule has 0 aromatic heterocycles. The Hall–Kier alpha value is -0.470. The molecule has 2 heteroatoms. The summed E-state index contributed by atoms with van der Waals surface area (Å²) in [6.07, 6.45) is 10.8. The molecule has 0 bridgehead atoms. The van der Waals surface area contributed by atoms with Gasteiger partial charge in [-0.05, 0) is 12.6 Å². The van der Waals surface area contributed by atoms with Crippen molar-refractivity contribution in [3.63, 3.8) is 0 Å². The van der Waals surface area contributed by atoms with Crippen molar-refractivity contribution in [3.05, 3.63) is 36.0 Å². The first-order valence-corrected chi connectivity index (χ1v) is 4.74. The maximum atomic E-state index is 4.54. The van der Waals surface area contributed by atoms with E-state index in [0.29, 0.717) is 11.3 Å². The third-order valence-corrected chi connectivity index (χ3v) is 2.90. The first-order valence-electron chi connectivity index (χ1n) is 4.22. The summed E-state index contributed by atoms with van der Waals surface area (Å²) in [5, 5.41) is 0.347. The van der Waals surface area contributed by atoms with Gasteiger partial charge in [-0.1, -0.05) is 30.4 Å². The van der Waals surface area contributed by atoms with Gasteiger partial charge in [-0.15, -0.1) is 0 Å². The predicted octanol–water partition coefficient (Wildman–Crippen LogP) is 1.65. The molecule has 0 N–H and O–H groups in total. The average Bonchev–Trinajstić information content (AvgIpc) is 2.04. The molecule has 64 valence electrons. The van der Waals surface area contributed by atoms with Gasteiger partial charge in [0, 0.05) is 17.8 Å². The Bertz CT molecular complexity index is 265. The van der Waals surface area contributed by atoms with Gasteiger partial charge in [-0.2, -0.15) is 12.6 Å². The highest BCUT2D eigenvalue weighted by Crippen LogP contribution is 2.25. The van der Waals surface area contributed by atoms with Gasteiger partial charge in [0.1, 0.15) is 0 Å². The largest absolute Gasteiger partial charge is 0.294 e. The highest BCUT2D eigenvalue weighted by Gasteiger charge is 2.26. The Balaban J connectivity index is 2.33. The molecule has 0 fully saturated rings. The molecular weight excluding hydrogens is 166 g/mol. The van der Waals surface area contributed by atoms with Gasteiger partial charge >= 0.3 is 0 Å². The molecule has 0 saturated heterocycles. The van der Waals surface area contributed by atoms with E-state index in [1.54, 1.807) is 0 Å². The fraction of sp³-hybridized carbons (Fsp3) is 0.400. The molecule has 12 heavy (non-hydrogen) atoms. The minimum Gasteiger partial charge on any atom is -0.294 e. The van der Waals surface area contributed by atoms with Crippen LogP contribution < -0.4 is 0 Å². The Morgan fingerprint density at radius 2 is 2.42 bits per heavy atom. The van der Waals surface area contributed by atoms with Crippen LogP contribution in [-0.4, -0.2) is 29.8 Å².